The fourth-order valence-corrected chi connectivity index (χ4v) is 2.64. The molecule has 0 aliphatic rings. The van der Waals surface area contributed by atoms with Crippen LogP contribution < -0.4 is 10.5 Å². The number of thiazole rings is 1. The third kappa shape index (κ3) is 2.89. The number of methoxy groups -OCH3 is 1. The standard InChI is InChI=1S/C14H18N2OS/c1-3-10(15)8-14-16-12(9-18-14)11-6-4-5-7-13(11)17-2/h4-7,9-10H,3,8,15H2,1-2H3. The summed E-state index contributed by atoms with van der Waals surface area (Å²) < 4.78 is 5.35. The first-order valence-electron chi connectivity index (χ1n) is 6.08. The van der Waals surface area contributed by atoms with Crippen LogP contribution in [0.1, 0.15) is 18.4 Å². The van der Waals surface area contributed by atoms with Gasteiger partial charge in [0.05, 0.1) is 17.8 Å². The Morgan fingerprint density at radius 1 is 1.39 bits per heavy atom. The maximum atomic E-state index is 5.95. The van der Waals surface area contributed by atoms with E-state index in [4.69, 9.17) is 10.5 Å². The first-order valence-corrected chi connectivity index (χ1v) is 6.96. The fourth-order valence-electron chi connectivity index (χ4n) is 1.75. The van der Waals surface area contributed by atoms with Crippen molar-refractivity contribution in [1.82, 2.24) is 4.98 Å². The van der Waals surface area contributed by atoms with Gasteiger partial charge in [0.15, 0.2) is 0 Å². The normalized spacial score (nSPS) is 12.4. The van der Waals surface area contributed by atoms with Crippen LogP contribution in [0.3, 0.4) is 0 Å². The number of para-hydroxylation sites is 1. The van der Waals surface area contributed by atoms with Crippen molar-refractivity contribution in [3.05, 3.63) is 34.7 Å². The van der Waals surface area contributed by atoms with E-state index in [-0.39, 0.29) is 6.04 Å². The van der Waals surface area contributed by atoms with Crippen molar-refractivity contribution in [1.29, 1.82) is 0 Å². The molecule has 2 N–H and O–H groups in total. The van der Waals surface area contributed by atoms with E-state index in [9.17, 15) is 0 Å². The Hall–Kier alpha value is -1.39. The van der Waals surface area contributed by atoms with Gasteiger partial charge in [0.1, 0.15) is 5.75 Å². The van der Waals surface area contributed by atoms with Gasteiger partial charge in [-0.3, -0.25) is 0 Å². The second kappa shape index (κ2) is 5.98. The predicted octanol–water partition coefficient (Wildman–Crippen LogP) is 3.10. The Labute approximate surface area is 112 Å². The van der Waals surface area contributed by atoms with Crippen molar-refractivity contribution in [2.24, 2.45) is 5.73 Å². The summed E-state index contributed by atoms with van der Waals surface area (Å²) in [5, 5.41) is 3.15. The van der Waals surface area contributed by atoms with E-state index >= 15 is 0 Å². The molecule has 0 aliphatic carbocycles. The number of hydrogen-bond donors (Lipinski definition) is 1. The second-order valence-electron chi connectivity index (χ2n) is 4.20. The van der Waals surface area contributed by atoms with Gasteiger partial charge in [-0.1, -0.05) is 19.1 Å². The van der Waals surface area contributed by atoms with Gasteiger partial charge in [0.2, 0.25) is 0 Å². The molecule has 96 valence electrons. The largest absolute Gasteiger partial charge is 0.496 e. The highest BCUT2D eigenvalue weighted by Crippen LogP contribution is 2.30. The fraction of sp³-hybridized carbons (Fsp3) is 0.357. The first-order chi connectivity index (χ1) is 8.74. The molecular weight excluding hydrogens is 244 g/mol. The van der Waals surface area contributed by atoms with Crippen LogP contribution in [-0.2, 0) is 6.42 Å². The summed E-state index contributed by atoms with van der Waals surface area (Å²) in [5.41, 5.74) is 7.95. The molecule has 0 amide bonds. The Bertz CT molecular complexity index is 510. The van der Waals surface area contributed by atoms with Gasteiger partial charge in [-0.2, -0.15) is 0 Å². The van der Waals surface area contributed by atoms with E-state index in [2.05, 4.69) is 17.3 Å². The summed E-state index contributed by atoms with van der Waals surface area (Å²) in [7, 11) is 1.68. The molecule has 0 fully saturated rings. The highest BCUT2D eigenvalue weighted by atomic mass is 32.1. The van der Waals surface area contributed by atoms with E-state index in [0.717, 1.165) is 34.9 Å². The third-order valence-corrected chi connectivity index (χ3v) is 3.77. The molecule has 0 saturated heterocycles. The lowest BCUT2D eigenvalue weighted by molar-refractivity contribution is 0.416. The lowest BCUT2D eigenvalue weighted by Gasteiger charge is -2.06. The van der Waals surface area contributed by atoms with E-state index in [1.165, 1.54) is 0 Å². The monoisotopic (exact) mass is 262 g/mol. The zero-order chi connectivity index (χ0) is 13.0. The van der Waals surface area contributed by atoms with Crippen LogP contribution in [0.15, 0.2) is 29.6 Å². The molecule has 2 aromatic rings. The zero-order valence-electron chi connectivity index (χ0n) is 10.7. The average molecular weight is 262 g/mol. The number of ether oxygens (including phenoxy) is 1. The van der Waals surface area contributed by atoms with Crippen LogP contribution in [0.5, 0.6) is 5.75 Å². The Morgan fingerprint density at radius 2 is 2.17 bits per heavy atom. The van der Waals surface area contributed by atoms with Gasteiger partial charge < -0.3 is 10.5 Å². The van der Waals surface area contributed by atoms with Crippen molar-refractivity contribution >= 4 is 11.3 Å². The maximum Gasteiger partial charge on any atom is 0.128 e. The van der Waals surface area contributed by atoms with Gasteiger partial charge in [0, 0.05) is 23.4 Å². The molecule has 18 heavy (non-hydrogen) atoms. The zero-order valence-corrected chi connectivity index (χ0v) is 11.5. The quantitative estimate of drug-likeness (QED) is 0.900. The molecule has 1 aromatic carbocycles. The second-order valence-corrected chi connectivity index (χ2v) is 5.14. The maximum absolute atomic E-state index is 5.95. The van der Waals surface area contributed by atoms with Gasteiger partial charge in [0.25, 0.3) is 0 Å². The van der Waals surface area contributed by atoms with Gasteiger partial charge in [-0.25, -0.2) is 4.98 Å². The first kappa shape index (κ1) is 13.1. The predicted molar refractivity (Wildman–Crippen MR) is 76.1 cm³/mol. The third-order valence-electron chi connectivity index (χ3n) is 2.90. The van der Waals surface area contributed by atoms with Crippen LogP contribution in [0.4, 0.5) is 0 Å². The van der Waals surface area contributed by atoms with Crippen molar-refractivity contribution in [3.8, 4) is 17.0 Å². The minimum atomic E-state index is 0.196. The molecule has 1 heterocycles. The molecule has 0 bridgehead atoms. The van der Waals surface area contributed by atoms with E-state index < -0.39 is 0 Å². The number of rotatable bonds is 5. The summed E-state index contributed by atoms with van der Waals surface area (Å²) >= 11 is 1.66. The van der Waals surface area contributed by atoms with Crippen LogP contribution in [0, 0.1) is 0 Å². The summed E-state index contributed by atoms with van der Waals surface area (Å²) in [6.07, 6.45) is 1.82. The average Bonchev–Trinajstić information content (AvgIpc) is 2.86. The molecule has 1 aromatic heterocycles. The van der Waals surface area contributed by atoms with Crippen molar-refractivity contribution in [2.45, 2.75) is 25.8 Å². The summed E-state index contributed by atoms with van der Waals surface area (Å²) in [6, 6.07) is 8.13. The van der Waals surface area contributed by atoms with E-state index in [1.807, 2.05) is 24.3 Å². The van der Waals surface area contributed by atoms with Crippen LogP contribution in [0.2, 0.25) is 0 Å². The Balaban J connectivity index is 2.24. The van der Waals surface area contributed by atoms with Crippen LogP contribution in [-0.4, -0.2) is 18.1 Å². The van der Waals surface area contributed by atoms with Crippen LogP contribution in [0.25, 0.3) is 11.3 Å². The molecular formula is C14H18N2OS. The van der Waals surface area contributed by atoms with Gasteiger partial charge >= 0.3 is 0 Å². The molecule has 4 heteroatoms. The number of benzene rings is 1. The number of aromatic nitrogens is 1. The Kier molecular flexibility index (Phi) is 4.33. The highest BCUT2D eigenvalue weighted by molar-refractivity contribution is 7.09. The summed E-state index contributed by atoms with van der Waals surface area (Å²) in [4.78, 5) is 4.64. The van der Waals surface area contributed by atoms with Crippen molar-refractivity contribution in [3.63, 3.8) is 0 Å². The number of hydrogen-bond acceptors (Lipinski definition) is 4. The minimum Gasteiger partial charge on any atom is -0.496 e. The topological polar surface area (TPSA) is 48.1 Å². The molecule has 0 aliphatic heterocycles. The van der Waals surface area contributed by atoms with Crippen LogP contribution >= 0.6 is 11.3 Å². The van der Waals surface area contributed by atoms with E-state index in [1.54, 1.807) is 18.4 Å². The molecule has 0 saturated carbocycles. The Morgan fingerprint density at radius 3 is 2.89 bits per heavy atom. The van der Waals surface area contributed by atoms with Crippen molar-refractivity contribution in [2.75, 3.05) is 7.11 Å². The lowest BCUT2D eigenvalue weighted by atomic mass is 10.1. The number of nitrogens with zero attached hydrogens (tertiary/aromatic N) is 1. The van der Waals surface area contributed by atoms with Gasteiger partial charge in [-0.15, -0.1) is 11.3 Å². The lowest BCUT2D eigenvalue weighted by Crippen LogP contribution is -2.21. The smallest absolute Gasteiger partial charge is 0.128 e. The molecule has 1 unspecified atom stereocenters. The molecule has 0 spiro atoms. The summed E-state index contributed by atoms with van der Waals surface area (Å²) in [5.74, 6) is 0.856. The molecule has 2 rings (SSSR count). The summed E-state index contributed by atoms with van der Waals surface area (Å²) in [6.45, 7) is 2.10. The SMILES string of the molecule is CCC(N)Cc1nc(-c2ccccc2OC)cs1. The molecule has 1 atom stereocenters. The highest BCUT2D eigenvalue weighted by Gasteiger charge is 2.10. The van der Waals surface area contributed by atoms with Gasteiger partial charge in [-0.05, 0) is 18.6 Å². The minimum absolute atomic E-state index is 0.196. The van der Waals surface area contributed by atoms with E-state index in [0.29, 0.717) is 0 Å². The number of nitrogens with two attached hydrogens (primary N) is 1. The molecule has 0 radical (unpaired) electrons. The molecule has 3 nitrogen and oxygen atoms in total. The van der Waals surface area contributed by atoms with Crippen molar-refractivity contribution < 1.29 is 4.74 Å².